The Morgan fingerprint density at radius 1 is 1.67 bits per heavy atom. The zero-order valence-electron chi connectivity index (χ0n) is 4.91. The van der Waals surface area contributed by atoms with E-state index in [2.05, 4.69) is 16.2 Å². The van der Waals surface area contributed by atoms with Crippen LogP contribution in [0.5, 0.6) is 0 Å². The van der Waals surface area contributed by atoms with Gasteiger partial charge in [-0.1, -0.05) is 0 Å². The summed E-state index contributed by atoms with van der Waals surface area (Å²) < 4.78 is 0. The van der Waals surface area contributed by atoms with Gasteiger partial charge in [-0.3, -0.25) is 0 Å². The minimum atomic E-state index is 0.0951. The minimum absolute atomic E-state index is 0.0951. The van der Waals surface area contributed by atoms with Crippen LogP contribution in [-0.4, -0.2) is 21.7 Å². The van der Waals surface area contributed by atoms with Crippen molar-refractivity contribution in [3.05, 3.63) is 24.3 Å². The molecular weight excluding hydrogens is 116 g/mol. The van der Waals surface area contributed by atoms with E-state index in [-0.39, 0.29) is 6.61 Å². The Morgan fingerprint density at radius 2 is 2.56 bits per heavy atom. The second-order valence-corrected chi connectivity index (χ2v) is 1.58. The summed E-state index contributed by atoms with van der Waals surface area (Å²) in [5, 5.41) is 8.43. The van der Waals surface area contributed by atoms with Crippen molar-refractivity contribution in [2.24, 2.45) is 0 Å². The molecule has 1 rings (SSSR count). The molecule has 0 spiro atoms. The zero-order valence-corrected chi connectivity index (χ0v) is 4.91. The molecule has 0 fully saturated rings. The molecule has 1 radical (unpaired) electrons. The third-order valence-corrected chi connectivity index (χ3v) is 0.902. The van der Waals surface area contributed by atoms with Gasteiger partial charge in [-0.2, -0.15) is 0 Å². The second-order valence-electron chi connectivity index (χ2n) is 1.58. The van der Waals surface area contributed by atoms with Crippen LogP contribution in [0, 0.1) is 6.20 Å². The smallest absolute Gasteiger partial charge is 0.131 e. The predicted molar refractivity (Wildman–Crippen MR) is 31.7 cm³/mol. The number of nitrogens with zero attached hydrogens (tertiary/aromatic N) is 2. The molecule has 9 heavy (non-hydrogen) atoms. The first-order valence-electron chi connectivity index (χ1n) is 2.72. The summed E-state index contributed by atoms with van der Waals surface area (Å²) >= 11 is 0. The zero-order chi connectivity index (χ0) is 6.53. The van der Waals surface area contributed by atoms with Gasteiger partial charge in [0.1, 0.15) is 5.82 Å². The second kappa shape index (κ2) is 3.14. The van der Waals surface area contributed by atoms with Crippen LogP contribution < -0.4 is 0 Å². The molecule has 0 aliphatic rings. The summed E-state index contributed by atoms with van der Waals surface area (Å²) in [6.45, 7) is 0.0951. The lowest BCUT2D eigenvalue weighted by Crippen LogP contribution is -1.96. The third-order valence-electron chi connectivity index (χ3n) is 0.902. The van der Waals surface area contributed by atoms with Gasteiger partial charge in [-0.15, -0.1) is 0 Å². The van der Waals surface area contributed by atoms with Crippen LogP contribution in [0.4, 0.5) is 0 Å². The van der Waals surface area contributed by atoms with E-state index in [4.69, 9.17) is 5.11 Å². The molecule has 3 heteroatoms. The molecule has 3 nitrogen and oxygen atoms in total. The third kappa shape index (κ3) is 1.77. The summed E-state index contributed by atoms with van der Waals surface area (Å²) in [5.74, 6) is 0.639. The maximum absolute atomic E-state index is 8.43. The highest BCUT2D eigenvalue weighted by Gasteiger charge is 1.89. The Kier molecular flexibility index (Phi) is 2.15. The highest BCUT2D eigenvalue weighted by Crippen LogP contribution is 1.85. The normalized spacial score (nSPS) is 9.44. The van der Waals surface area contributed by atoms with Crippen LogP contribution in [0.1, 0.15) is 5.82 Å². The van der Waals surface area contributed by atoms with E-state index in [0.29, 0.717) is 12.2 Å². The summed E-state index contributed by atoms with van der Waals surface area (Å²) in [6, 6.07) is 1.63. The monoisotopic (exact) mass is 123 g/mol. The maximum atomic E-state index is 8.43. The van der Waals surface area contributed by atoms with Gasteiger partial charge in [0.25, 0.3) is 0 Å². The van der Waals surface area contributed by atoms with E-state index >= 15 is 0 Å². The van der Waals surface area contributed by atoms with Gasteiger partial charge in [0.2, 0.25) is 0 Å². The molecule has 1 aromatic rings. The largest absolute Gasteiger partial charge is 0.396 e. The fourth-order valence-corrected chi connectivity index (χ4v) is 0.518. The molecule has 0 unspecified atom stereocenters. The molecular formula is C6H7N2O. The van der Waals surface area contributed by atoms with E-state index < -0.39 is 0 Å². The molecule has 0 aromatic carbocycles. The van der Waals surface area contributed by atoms with E-state index in [1.54, 1.807) is 12.3 Å². The van der Waals surface area contributed by atoms with Crippen LogP contribution in [0.15, 0.2) is 12.3 Å². The van der Waals surface area contributed by atoms with Crippen LogP contribution >= 0.6 is 0 Å². The molecule has 0 saturated carbocycles. The number of hydrogen-bond donors (Lipinski definition) is 1. The summed E-state index contributed by atoms with van der Waals surface area (Å²) in [7, 11) is 0. The molecule has 1 heterocycles. The standard InChI is InChI=1S/C6H7N2O/c9-5-2-6-7-3-1-4-8-6/h1,3,9H,2,5H2. The molecule has 1 N–H and O–H groups in total. The van der Waals surface area contributed by atoms with Crippen molar-refractivity contribution in [2.75, 3.05) is 6.61 Å². The quantitative estimate of drug-likeness (QED) is 0.593. The fourth-order valence-electron chi connectivity index (χ4n) is 0.518. The van der Waals surface area contributed by atoms with Crippen molar-refractivity contribution < 1.29 is 5.11 Å². The maximum Gasteiger partial charge on any atom is 0.131 e. The van der Waals surface area contributed by atoms with Gasteiger partial charge in [0, 0.05) is 12.6 Å². The lowest BCUT2D eigenvalue weighted by atomic mass is 10.4. The first-order chi connectivity index (χ1) is 4.43. The van der Waals surface area contributed by atoms with Crippen LogP contribution in [-0.2, 0) is 6.42 Å². The molecule has 0 aliphatic carbocycles. The van der Waals surface area contributed by atoms with Crippen LogP contribution in [0.25, 0.3) is 0 Å². The molecule has 0 bridgehead atoms. The molecule has 0 atom stereocenters. The van der Waals surface area contributed by atoms with E-state index in [1.165, 1.54) is 0 Å². The first kappa shape index (κ1) is 6.16. The average molecular weight is 123 g/mol. The number of rotatable bonds is 2. The molecule has 0 amide bonds. The Labute approximate surface area is 53.4 Å². The predicted octanol–water partition coefficient (Wildman–Crippen LogP) is -0.188. The SMILES string of the molecule is OCCc1n[c]ccn1. The highest BCUT2D eigenvalue weighted by atomic mass is 16.3. The van der Waals surface area contributed by atoms with Gasteiger partial charge < -0.3 is 5.11 Å². The Bertz CT molecular complexity index is 164. The average Bonchev–Trinajstić information content (AvgIpc) is 1.91. The van der Waals surface area contributed by atoms with E-state index in [1.807, 2.05) is 0 Å². The van der Waals surface area contributed by atoms with Crippen molar-refractivity contribution in [3.8, 4) is 0 Å². The van der Waals surface area contributed by atoms with Gasteiger partial charge in [-0.05, 0) is 6.07 Å². The summed E-state index contributed by atoms with van der Waals surface area (Å²) in [5.41, 5.74) is 0. The molecule has 0 aliphatic heterocycles. The lowest BCUT2D eigenvalue weighted by molar-refractivity contribution is 0.296. The topological polar surface area (TPSA) is 46.0 Å². The van der Waals surface area contributed by atoms with Crippen molar-refractivity contribution >= 4 is 0 Å². The van der Waals surface area contributed by atoms with Crippen molar-refractivity contribution in [2.45, 2.75) is 6.42 Å². The number of aliphatic hydroxyl groups excluding tert-OH is 1. The van der Waals surface area contributed by atoms with Crippen LogP contribution in [0.2, 0.25) is 0 Å². The summed E-state index contributed by atoms with van der Waals surface area (Å²) in [6.07, 6.45) is 4.74. The van der Waals surface area contributed by atoms with Gasteiger partial charge in [0.05, 0.1) is 12.8 Å². The van der Waals surface area contributed by atoms with E-state index in [0.717, 1.165) is 0 Å². The highest BCUT2D eigenvalue weighted by molar-refractivity contribution is 4.86. The number of aliphatic hydroxyl groups is 1. The van der Waals surface area contributed by atoms with Crippen molar-refractivity contribution in [1.29, 1.82) is 0 Å². The van der Waals surface area contributed by atoms with Gasteiger partial charge in [-0.25, -0.2) is 9.97 Å². The molecule has 1 aromatic heterocycles. The van der Waals surface area contributed by atoms with Gasteiger partial charge in [0.15, 0.2) is 0 Å². The Morgan fingerprint density at radius 3 is 3.11 bits per heavy atom. The van der Waals surface area contributed by atoms with Gasteiger partial charge >= 0.3 is 0 Å². The van der Waals surface area contributed by atoms with E-state index in [9.17, 15) is 0 Å². The Balaban J connectivity index is 2.61. The first-order valence-corrected chi connectivity index (χ1v) is 2.72. The Hall–Kier alpha value is -0.960. The summed E-state index contributed by atoms with van der Waals surface area (Å²) in [4.78, 5) is 7.64. The molecule has 0 saturated heterocycles. The van der Waals surface area contributed by atoms with Crippen molar-refractivity contribution in [1.82, 2.24) is 9.97 Å². The number of hydrogen-bond acceptors (Lipinski definition) is 3. The number of aromatic nitrogens is 2. The van der Waals surface area contributed by atoms with Crippen molar-refractivity contribution in [3.63, 3.8) is 0 Å². The van der Waals surface area contributed by atoms with Crippen LogP contribution in [0.3, 0.4) is 0 Å². The fraction of sp³-hybridized carbons (Fsp3) is 0.333. The lowest BCUT2D eigenvalue weighted by Gasteiger charge is -1.90. The molecule has 47 valence electrons. The minimum Gasteiger partial charge on any atom is -0.396 e.